The molecule has 2 aliphatic heterocycles. The third-order valence-electron chi connectivity index (χ3n) is 5.54. The molecule has 0 saturated carbocycles. The van der Waals surface area contributed by atoms with Crippen LogP contribution in [0.1, 0.15) is 10.4 Å². The number of benzene rings is 1. The van der Waals surface area contributed by atoms with E-state index in [1.165, 1.54) is 12.1 Å². The van der Waals surface area contributed by atoms with Crippen LogP contribution < -0.4 is 10.5 Å². The van der Waals surface area contributed by atoms with Crippen LogP contribution in [0.5, 0.6) is 5.75 Å². The van der Waals surface area contributed by atoms with Gasteiger partial charge in [0.1, 0.15) is 54.5 Å². The average molecular weight is 477 g/mol. The molecule has 2 heterocycles. The van der Waals surface area contributed by atoms with E-state index in [-0.39, 0.29) is 11.4 Å². The third kappa shape index (κ3) is 4.76. The first-order valence-corrected chi connectivity index (χ1v) is 9.94. The molecule has 0 bridgehead atoms. The Kier molecular flexibility index (Phi) is 7.75. The lowest BCUT2D eigenvalue weighted by molar-refractivity contribution is -0.318. The van der Waals surface area contributed by atoms with Crippen molar-refractivity contribution in [1.29, 1.82) is 0 Å². The predicted octanol–water partition coefficient (Wildman–Crippen LogP) is -4.03. The molecule has 2 unspecified atom stereocenters. The standard InChI is InChI=1S/C19H27NO13/c20-7-1-2-9(8(3-7)17(28)29)32-19(6-23)16(27)15(11(5-22)33-19)31-18-14(26)13(25)12(24)10(4-21)30-18/h1-3,10-16,18,21-27H,4-6,20H2,(H,28,29)/t10-,11-,12+,13+,14-,15-,16+,18?,19?/m1/s1. The molecule has 14 nitrogen and oxygen atoms in total. The lowest BCUT2D eigenvalue weighted by Crippen LogP contribution is -2.61. The molecule has 0 amide bonds. The Hall–Kier alpha value is -2.11. The second-order valence-electron chi connectivity index (χ2n) is 7.71. The number of aliphatic hydroxyl groups is 7. The minimum Gasteiger partial charge on any atom is -0.478 e. The number of nitrogen functional groups attached to an aromatic ring is 1. The minimum absolute atomic E-state index is 0.114. The van der Waals surface area contributed by atoms with Crippen LogP contribution in [0.15, 0.2) is 18.2 Å². The predicted molar refractivity (Wildman–Crippen MR) is 105 cm³/mol. The number of anilines is 1. The molecule has 186 valence electrons. The summed E-state index contributed by atoms with van der Waals surface area (Å²) in [5, 5.41) is 79.3. The van der Waals surface area contributed by atoms with E-state index in [0.29, 0.717) is 0 Å². The molecule has 2 fully saturated rings. The molecule has 2 saturated heterocycles. The Morgan fingerprint density at radius 1 is 1.03 bits per heavy atom. The molecule has 1 aromatic carbocycles. The number of hydrogen-bond donors (Lipinski definition) is 9. The second kappa shape index (κ2) is 10.0. The average Bonchev–Trinajstić information content (AvgIpc) is 3.06. The first kappa shape index (κ1) is 25.5. The highest BCUT2D eigenvalue weighted by Crippen LogP contribution is 2.38. The minimum atomic E-state index is -2.30. The summed E-state index contributed by atoms with van der Waals surface area (Å²) in [4.78, 5) is 11.5. The number of aromatic carboxylic acids is 1. The summed E-state index contributed by atoms with van der Waals surface area (Å²) < 4.78 is 21.8. The Bertz CT molecular complexity index is 838. The van der Waals surface area contributed by atoms with Crippen LogP contribution in [0.2, 0.25) is 0 Å². The Morgan fingerprint density at radius 2 is 1.70 bits per heavy atom. The van der Waals surface area contributed by atoms with Crippen LogP contribution in [-0.2, 0) is 14.2 Å². The van der Waals surface area contributed by atoms with Crippen molar-refractivity contribution in [2.75, 3.05) is 25.6 Å². The summed E-state index contributed by atoms with van der Waals surface area (Å²) >= 11 is 0. The van der Waals surface area contributed by atoms with E-state index in [2.05, 4.69) is 0 Å². The van der Waals surface area contributed by atoms with Crippen molar-refractivity contribution in [1.82, 2.24) is 0 Å². The van der Waals surface area contributed by atoms with Crippen LogP contribution in [0, 0.1) is 0 Å². The SMILES string of the molecule is Nc1ccc(OC2(CO)O[C@H](CO)[C@@H](OC3O[C@H](CO)[C@H](O)[C@H](O)[C@H]3O)[C@@H]2O)c(C(=O)O)c1. The molecule has 9 atom stereocenters. The van der Waals surface area contributed by atoms with Crippen molar-refractivity contribution in [3.8, 4) is 5.75 Å². The molecular formula is C19H27NO13. The van der Waals surface area contributed by atoms with Gasteiger partial charge in [0.15, 0.2) is 12.4 Å². The van der Waals surface area contributed by atoms with Gasteiger partial charge in [-0.15, -0.1) is 0 Å². The molecule has 14 heteroatoms. The van der Waals surface area contributed by atoms with Crippen molar-refractivity contribution >= 4 is 11.7 Å². The van der Waals surface area contributed by atoms with Gasteiger partial charge in [-0.3, -0.25) is 0 Å². The highest BCUT2D eigenvalue weighted by Gasteiger charge is 2.59. The maximum atomic E-state index is 11.5. The molecule has 0 radical (unpaired) electrons. The van der Waals surface area contributed by atoms with E-state index in [0.717, 1.165) is 6.07 Å². The van der Waals surface area contributed by atoms with Gasteiger partial charge in [-0.1, -0.05) is 0 Å². The number of carboxylic acids is 1. The molecule has 0 aliphatic carbocycles. The molecule has 10 N–H and O–H groups in total. The zero-order chi connectivity index (χ0) is 24.5. The molecular weight excluding hydrogens is 450 g/mol. The summed E-state index contributed by atoms with van der Waals surface area (Å²) in [6.07, 6.45) is -13.0. The van der Waals surface area contributed by atoms with Crippen LogP contribution in [-0.4, -0.2) is 121 Å². The third-order valence-corrected chi connectivity index (χ3v) is 5.54. The van der Waals surface area contributed by atoms with Gasteiger partial charge in [0.25, 0.3) is 5.79 Å². The van der Waals surface area contributed by atoms with Crippen LogP contribution >= 0.6 is 0 Å². The number of nitrogens with two attached hydrogens (primary N) is 1. The van der Waals surface area contributed by atoms with Gasteiger partial charge < -0.3 is 65.5 Å². The molecule has 0 aromatic heterocycles. The fourth-order valence-electron chi connectivity index (χ4n) is 3.72. The first-order chi connectivity index (χ1) is 15.6. The van der Waals surface area contributed by atoms with Gasteiger partial charge in [0.05, 0.1) is 13.2 Å². The van der Waals surface area contributed by atoms with Gasteiger partial charge in [0, 0.05) is 5.69 Å². The van der Waals surface area contributed by atoms with Crippen LogP contribution in [0.3, 0.4) is 0 Å². The fourth-order valence-corrected chi connectivity index (χ4v) is 3.72. The van der Waals surface area contributed by atoms with Gasteiger partial charge in [-0.2, -0.15) is 0 Å². The Labute approximate surface area is 186 Å². The van der Waals surface area contributed by atoms with Gasteiger partial charge in [-0.25, -0.2) is 4.79 Å². The summed E-state index contributed by atoms with van der Waals surface area (Å²) in [5.41, 5.74) is 5.32. The van der Waals surface area contributed by atoms with Gasteiger partial charge in [0.2, 0.25) is 0 Å². The largest absolute Gasteiger partial charge is 0.478 e. The topological polar surface area (TPSA) is 242 Å². The summed E-state index contributed by atoms with van der Waals surface area (Å²) in [6, 6.07) is 3.60. The van der Waals surface area contributed by atoms with Crippen LogP contribution in [0.25, 0.3) is 0 Å². The first-order valence-electron chi connectivity index (χ1n) is 9.94. The Balaban J connectivity index is 1.87. The van der Waals surface area contributed by atoms with E-state index in [4.69, 9.17) is 24.7 Å². The van der Waals surface area contributed by atoms with Crippen LogP contribution in [0.4, 0.5) is 5.69 Å². The normalized spacial score (nSPS) is 38.9. The maximum absolute atomic E-state index is 11.5. The van der Waals surface area contributed by atoms with Gasteiger partial charge in [-0.05, 0) is 18.2 Å². The van der Waals surface area contributed by atoms with Crippen molar-refractivity contribution in [3.05, 3.63) is 23.8 Å². The van der Waals surface area contributed by atoms with Gasteiger partial charge >= 0.3 is 5.97 Å². The zero-order valence-electron chi connectivity index (χ0n) is 17.2. The number of hydrogen-bond acceptors (Lipinski definition) is 13. The number of carboxylic acid groups (broad SMARTS) is 1. The smallest absolute Gasteiger partial charge is 0.339 e. The van der Waals surface area contributed by atoms with E-state index >= 15 is 0 Å². The lowest BCUT2D eigenvalue weighted by Gasteiger charge is -2.41. The summed E-state index contributed by atoms with van der Waals surface area (Å²) in [6.45, 7) is -2.50. The van der Waals surface area contributed by atoms with Crippen molar-refractivity contribution in [3.63, 3.8) is 0 Å². The summed E-state index contributed by atoms with van der Waals surface area (Å²) in [5.74, 6) is -4.02. The quantitative estimate of drug-likeness (QED) is 0.162. The van der Waals surface area contributed by atoms with Crippen molar-refractivity contribution in [2.24, 2.45) is 0 Å². The number of carbonyl (C=O) groups is 1. The molecule has 3 rings (SSSR count). The monoisotopic (exact) mass is 477 g/mol. The fraction of sp³-hybridized carbons (Fsp3) is 0.632. The van der Waals surface area contributed by atoms with E-state index in [9.17, 15) is 45.6 Å². The van der Waals surface area contributed by atoms with Crippen molar-refractivity contribution in [2.45, 2.75) is 54.8 Å². The molecule has 0 spiro atoms. The highest BCUT2D eigenvalue weighted by atomic mass is 16.8. The number of rotatable bonds is 8. The zero-order valence-corrected chi connectivity index (χ0v) is 17.2. The lowest BCUT2D eigenvalue weighted by atomic mass is 9.99. The maximum Gasteiger partial charge on any atom is 0.339 e. The van der Waals surface area contributed by atoms with Crippen molar-refractivity contribution < 1.29 is 64.6 Å². The second-order valence-corrected chi connectivity index (χ2v) is 7.71. The van der Waals surface area contributed by atoms with E-state index in [1.807, 2.05) is 0 Å². The Morgan fingerprint density at radius 3 is 2.27 bits per heavy atom. The highest BCUT2D eigenvalue weighted by molar-refractivity contribution is 5.92. The van der Waals surface area contributed by atoms with E-state index < -0.39 is 86.2 Å². The molecule has 33 heavy (non-hydrogen) atoms. The number of aliphatic hydroxyl groups excluding tert-OH is 7. The number of ether oxygens (including phenoxy) is 4. The van der Waals surface area contributed by atoms with E-state index in [1.54, 1.807) is 0 Å². The molecule has 1 aromatic rings. The molecule has 2 aliphatic rings. The summed E-state index contributed by atoms with van der Waals surface area (Å²) in [7, 11) is 0.